The Morgan fingerprint density at radius 2 is 1.88 bits per heavy atom. The molecule has 1 saturated heterocycles. The van der Waals surface area contributed by atoms with E-state index in [0.717, 1.165) is 46.5 Å². The maximum Gasteiger partial charge on any atom is 0.180 e. The van der Waals surface area contributed by atoms with Gasteiger partial charge in [0.05, 0.1) is 22.2 Å². The van der Waals surface area contributed by atoms with Gasteiger partial charge in [0, 0.05) is 16.6 Å². The number of fused-ring (bicyclic) bond motifs is 1. The number of aromatic nitrogens is 1. The van der Waals surface area contributed by atoms with Gasteiger partial charge in [0.25, 0.3) is 0 Å². The summed E-state index contributed by atoms with van der Waals surface area (Å²) in [6, 6.07) is 15.7. The number of para-hydroxylation sites is 1. The second-order valence-corrected chi connectivity index (χ2v) is 11.4. The van der Waals surface area contributed by atoms with Crippen molar-refractivity contribution in [2.75, 3.05) is 17.3 Å². The molecule has 0 spiro atoms. The summed E-state index contributed by atoms with van der Waals surface area (Å²) in [5.74, 6) is 2.45. The molecule has 0 radical (unpaired) electrons. The first kappa shape index (κ1) is 23.8. The first-order chi connectivity index (χ1) is 15.9. The smallest absolute Gasteiger partial charge is 0.180 e. The van der Waals surface area contributed by atoms with E-state index >= 15 is 0 Å². The zero-order chi connectivity index (χ0) is 23.3. The number of rotatable bonds is 8. The van der Waals surface area contributed by atoms with Gasteiger partial charge in [0.15, 0.2) is 9.84 Å². The molecule has 4 rings (SSSR count). The van der Waals surface area contributed by atoms with Gasteiger partial charge in [0.1, 0.15) is 12.4 Å². The van der Waals surface area contributed by atoms with Gasteiger partial charge in [-0.2, -0.15) is 17.2 Å². The quantitative estimate of drug-likeness (QED) is 0.354. The number of nitrogens with one attached hydrogen (secondary N) is 1. The lowest BCUT2D eigenvalue weighted by Gasteiger charge is -2.17. The zero-order valence-electron chi connectivity index (χ0n) is 18.5. The second kappa shape index (κ2) is 10.7. The van der Waals surface area contributed by atoms with E-state index in [4.69, 9.17) is 4.74 Å². The number of ether oxygens (including phenoxy) is 1. The van der Waals surface area contributed by atoms with Crippen molar-refractivity contribution in [1.29, 1.82) is 0 Å². The molecule has 0 amide bonds. The third-order valence-electron chi connectivity index (χ3n) is 5.64. The van der Waals surface area contributed by atoms with Crippen LogP contribution in [-0.2, 0) is 16.4 Å². The summed E-state index contributed by atoms with van der Waals surface area (Å²) in [6.07, 6.45) is 3.72. The molecular weight excluding hydrogens is 456 g/mol. The highest BCUT2D eigenvalue weighted by Gasteiger charge is 2.21. The Hall–Kier alpha value is -2.39. The fourth-order valence-electron chi connectivity index (χ4n) is 3.96. The van der Waals surface area contributed by atoms with Gasteiger partial charge < -0.3 is 9.94 Å². The average Bonchev–Trinajstić information content (AvgIpc) is 2.82. The van der Waals surface area contributed by atoms with Crippen molar-refractivity contribution < 1.29 is 18.4 Å². The highest BCUT2D eigenvalue weighted by Crippen LogP contribution is 2.24. The zero-order valence-corrected chi connectivity index (χ0v) is 20.2. The van der Waals surface area contributed by atoms with Crippen LogP contribution in [0.4, 0.5) is 0 Å². The van der Waals surface area contributed by atoms with E-state index in [-0.39, 0.29) is 10.6 Å². The first-order valence-corrected chi connectivity index (χ1v) is 13.7. The normalized spacial score (nSPS) is 15.4. The fraction of sp³-hybridized carbons (Fsp3) is 0.320. The van der Waals surface area contributed by atoms with Crippen LogP contribution < -0.4 is 10.2 Å². The minimum absolute atomic E-state index is 0.206. The van der Waals surface area contributed by atoms with Crippen LogP contribution in [0, 0.1) is 6.92 Å². The number of allylic oxidation sites excluding steroid dienone is 1. The van der Waals surface area contributed by atoms with E-state index in [9.17, 15) is 13.6 Å². The fourth-order valence-corrected chi connectivity index (χ4v) is 6.36. The molecule has 0 bridgehead atoms. The third kappa shape index (κ3) is 6.14. The van der Waals surface area contributed by atoms with E-state index in [1.165, 1.54) is 5.57 Å². The van der Waals surface area contributed by atoms with Gasteiger partial charge in [-0.25, -0.2) is 8.42 Å². The van der Waals surface area contributed by atoms with Crippen LogP contribution >= 0.6 is 11.8 Å². The summed E-state index contributed by atoms with van der Waals surface area (Å²) >= 11 is 1.89. The summed E-state index contributed by atoms with van der Waals surface area (Å²) in [5.41, 5.74) is 6.22. The van der Waals surface area contributed by atoms with Crippen LogP contribution in [0.1, 0.15) is 24.1 Å². The number of sulfone groups is 1. The van der Waals surface area contributed by atoms with Crippen molar-refractivity contribution in [3.8, 4) is 5.75 Å². The van der Waals surface area contributed by atoms with E-state index < -0.39 is 15.9 Å². The molecule has 0 saturated carbocycles. The van der Waals surface area contributed by atoms with Crippen LogP contribution in [0.15, 0.2) is 71.1 Å². The van der Waals surface area contributed by atoms with Crippen LogP contribution in [0.3, 0.4) is 0 Å². The van der Waals surface area contributed by atoms with Crippen molar-refractivity contribution in [3.63, 3.8) is 0 Å². The molecular formula is C25H28N2O4S2. The first-order valence-electron chi connectivity index (χ1n) is 10.9. The number of thioether (sulfide) groups is 1. The number of aryl methyl sites for hydroxylation is 1. The maximum absolute atomic E-state index is 12.9. The molecule has 1 unspecified atom stereocenters. The predicted octanol–water partition coefficient (Wildman–Crippen LogP) is 4.70. The average molecular weight is 485 g/mol. The molecule has 2 aromatic carbocycles. The molecule has 2 N–H and O–H groups in total. The van der Waals surface area contributed by atoms with Crippen LogP contribution in [0.5, 0.6) is 5.75 Å². The van der Waals surface area contributed by atoms with Crippen molar-refractivity contribution in [3.05, 3.63) is 77.5 Å². The van der Waals surface area contributed by atoms with E-state index in [1.54, 1.807) is 24.3 Å². The van der Waals surface area contributed by atoms with Crippen molar-refractivity contribution in [2.45, 2.75) is 37.3 Å². The Kier molecular flexibility index (Phi) is 7.70. The second-order valence-electron chi connectivity index (χ2n) is 8.15. The summed E-state index contributed by atoms with van der Waals surface area (Å²) in [6.45, 7) is 2.31. The SMILES string of the molecule is Cc1cc(COc2ccc(S(=O)(=O)CC(C=C3CCSCC3)NO)cc2)c2ccccc2n1. The number of hydroxylamine groups is 1. The maximum atomic E-state index is 12.9. The number of pyridine rings is 1. The van der Waals surface area contributed by atoms with Crippen LogP contribution in [-0.4, -0.2) is 41.9 Å². The highest BCUT2D eigenvalue weighted by molar-refractivity contribution is 7.99. The molecule has 1 aromatic heterocycles. The van der Waals surface area contributed by atoms with Gasteiger partial charge in [-0.3, -0.25) is 4.98 Å². The van der Waals surface area contributed by atoms with Gasteiger partial charge in [-0.05, 0) is 67.7 Å². The van der Waals surface area contributed by atoms with Gasteiger partial charge in [-0.1, -0.05) is 29.8 Å². The number of hydrogen-bond acceptors (Lipinski definition) is 7. The molecule has 3 aromatic rings. The molecule has 6 nitrogen and oxygen atoms in total. The van der Waals surface area contributed by atoms with Crippen molar-refractivity contribution >= 4 is 32.5 Å². The monoisotopic (exact) mass is 484 g/mol. The standard InChI is InChI=1S/C25H28N2O4S2/c1-18-14-20(24-4-2-3-5-25(24)26-18)16-31-22-6-8-23(9-7-22)33(29,30)17-21(27-28)15-19-10-12-32-13-11-19/h2-9,14-15,21,27-28H,10-13,16-17H2,1H3. The molecule has 1 aliphatic heterocycles. The van der Waals surface area contributed by atoms with Gasteiger partial charge in [-0.15, -0.1) is 0 Å². The number of nitrogens with zero attached hydrogens (tertiary/aromatic N) is 1. The molecule has 2 heterocycles. The lowest BCUT2D eigenvalue weighted by molar-refractivity contribution is 0.150. The van der Waals surface area contributed by atoms with Gasteiger partial charge in [0.2, 0.25) is 0 Å². The molecule has 8 heteroatoms. The van der Waals surface area contributed by atoms with E-state index in [0.29, 0.717) is 12.4 Å². The molecule has 1 atom stereocenters. The summed E-state index contributed by atoms with van der Waals surface area (Å²) in [7, 11) is -3.58. The summed E-state index contributed by atoms with van der Waals surface area (Å²) < 4.78 is 31.7. The van der Waals surface area contributed by atoms with E-state index in [2.05, 4.69) is 10.5 Å². The van der Waals surface area contributed by atoms with Gasteiger partial charge >= 0.3 is 0 Å². The highest BCUT2D eigenvalue weighted by atomic mass is 32.2. The minimum Gasteiger partial charge on any atom is -0.489 e. The van der Waals surface area contributed by atoms with E-state index in [1.807, 2.05) is 55.1 Å². The Bertz CT molecular complexity index is 1230. The Labute approximate surface area is 199 Å². The van der Waals surface area contributed by atoms with Crippen molar-refractivity contribution in [1.82, 2.24) is 10.5 Å². The summed E-state index contributed by atoms with van der Waals surface area (Å²) in [4.78, 5) is 4.75. The Balaban J connectivity index is 1.43. The van der Waals surface area contributed by atoms with Crippen LogP contribution in [0.2, 0.25) is 0 Å². The molecule has 33 heavy (non-hydrogen) atoms. The molecule has 1 fully saturated rings. The van der Waals surface area contributed by atoms with Crippen LogP contribution in [0.25, 0.3) is 10.9 Å². The summed E-state index contributed by atoms with van der Waals surface area (Å²) in [5, 5.41) is 10.5. The predicted molar refractivity (Wildman–Crippen MR) is 133 cm³/mol. The lowest BCUT2D eigenvalue weighted by atomic mass is 10.1. The minimum atomic E-state index is -3.58. The number of benzene rings is 2. The number of hydrogen-bond donors (Lipinski definition) is 2. The Morgan fingerprint density at radius 1 is 1.15 bits per heavy atom. The third-order valence-corrected chi connectivity index (χ3v) is 8.42. The topological polar surface area (TPSA) is 88.5 Å². The molecule has 1 aliphatic rings. The Morgan fingerprint density at radius 3 is 2.61 bits per heavy atom. The molecule has 174 valence electrons. The van der Waals surface area contributed by atoms with Crippen molar-refractivity contribution in [2.24, 2.45) is 0 Å². The largest absolute Gasteiger partial charge is 0.489 e. The lowest BCUT2D eigenvalue weighted by Crippen LogP contribution is -2.32. The molecule has 0 aliphatic carbocycles.